The van der Waals surface area contributed by atoms with Crippen LogP contribution in [0.1, 0.15) is 46.1 Å². The number of hydrogen-bond donors (Lipinski definition) is 1. The van der Waals surface area contributed by atoms with Crippen LogP contribution in [0.5, 0.6) is 0 Å². The Labute approximate surface area is 129 Å². The van der Waals surface area contributed by atoms with Crippen molar-refractivity contribution in [2.75, 3.05) is 13.7 Å². The van der Waals surface area contributed by atoms with E-state index in [4.69, 9.17) is 9.47 Å². The van der Waals surface area contributed by atoms with Crippen molar-refractivity contribution < 1.29 is 14.3 Å². The number of rotatable bonds is 3. The molecule has 0 amide bonds. The molecule has 0 bridgehead atoms. The van der Waals surface area contributed by atoms with Crippen LogP contribution in [0.25, 0.3) is 11.4 Å². The van der Waals surface area contributed by atoms with Gasteiger partial charge in [0.1, 0.15) is 5.82 Å². The second-order valence-electron chi connectivity index (χ2n) is 5.66. The number of aromatic nitrogens is 2. The van der Waals surface area contributed by atoms with Gasteiger partial charge in [0.15, 0.2) is 0 Å². The first-order chi connectivity index (χ1) is 10.6. The number of imidazole rings is 1. The van der Waals surface area contributed by atoms with Crippen LogP contribution in [-0.2, 0) is 9.47 Å². The number of carbonyl (C=O) groups excluding carboxylic acids is 1. The number of esters is 1. The molecule has 1 aliphatic rings. The van der Waals surface area contributed by atoms with Gasteiger partial charge in [-0.05, 0) is 43.9 Å². The largest absolute Gasteiger partial charge is 0.465 e. The Balaban J connectivity index is 1.98. The maximum Gasteiger partial charge on any atom is 0.338 e. The normalized spacial score (nSPS) is 17.7. The number of ether oxygens (including phenoxy) is 2. The maximum absolute atomic E-state index is 11.9. The lowest BCUT2D eigenvalue weighted by Gasteiger charge is -2.10. The predicted molar refractivity (Wildman–Crippen MR) is 82.8 cm³/mol. The van der Waals surface area contributed by atoms with Crippen molar-refractivity contribution >= 4 is 5.97 Å². The summed E-state index contributed by atoms with van der Waals surface area (Å²) in [6, 6.07) is 3.82. The highest BCUT2D eigenvalue weighted by Gasteiger charge is 2.21. The molecular weight excluding hydrogens is 280 g/mol. The number of aromatic amines is 1. The highest BCUT2D eigenvalue weighted by molar-refractivity contribution is 5.92. The highest BCUT2D eigenvalue weighted by Crippen LogP contribution is 2.30. The number of carbonyl (C=O) groups is 1. The lowest BCUT2D eigenvalue weighted by Crippen LogP contribution is -2.05. The fourth-order valence-electron chi connectivity index (χ4n) is 2.90. The monoisotopic (exact) mass is 300 g/mol. The number of methoxy groups -OCH3 is 1. The molecule has 5 heteroatoms. The van der Waals surface area contributed by atoms with Crippen LogP contribution in [0.2, 0.25) is 0 Å². The van der Waals surface area contributed by atoms with Crippen molar-refractivity contribution in [1.29, 1.82) is 0 Å². The van der Waals surface area contributed by atoms with E-state index < -0.39 is 0 Å². The van der Waals surface area contributed by atoms with Gasteiger partial charge >= 0.3 is 5.97 Å². The molecule has 1 atom stereocenters. The second-order valence-corrected chi connectivity index (χ2v) is 5.66. The Morgan fingerprint density at radius 3 is 2.86 bits per heavy atom. The van der Waals surface area contributed by atoms with Gasteiger partial charge in [-0.3, -0.25) is 0 Å². The van der Waals surface area contributed by atoms with Gasteiger partial charge in [-0.15, -0.1) is 0 Å². The zero-order valence-electron chi connectivity index (χ0n) is 13.1. The average molecular weight is 300 g/mol. The van der Waals surface area contributed by atoms with E-state index in [2.05, 4.69) is 9.97 Å². The van der Waals surface area contributed by atoms with E-state index in [1.807, 2.05) is 32.2 Å². The van der Waals surface area contributed by atoms with Gasteiger partial charge in [0, 0.05) is 12.2 Å². The van der Waals surface area contributed by atoms with E-state index in [-0.39, 0.29) is 12.1 Å². The van der Waals surface area contributed by atoms with Crippen molar-refractivity contribution in [3.63, 3.8) is 0 Å². The smallest absolute Gasteiger partial charge is 0.338 e. The molecule has 1 aliphatic heterocycles. The summed E-state index contributed by atoms with van der Waals surface area (Å²) >= 11 is 0. The molecule has 5 nitrogen and oxygen atoms in total. The van der Waals surface area contributed by atoms with Crippen LogP contribution in [0.4, 0.5) is 0 Å². The third-order valence-corrected chi connectivity index (χ3v) is 4.10. The standard InChI is InChI=1S/C17H20N2O3/c1-10-7-11(2)13(17(20)21-3)8-12(10)16-18-9-14(19-16)15-5-4-6-22-15/h7-9,15H,4-6H2,1-3H3,(H,18,19). The van der Waals surface area contributed by atoms with Crippen LogP contribution in [0, 0.1) is 13.8 Å². The molecule has 2 aromatic rings. The van der Waals surface area contributed by atoms with Crippen molar-refractivity contribution in [1.82, 2.24) is 9.97 Å². The summed E-state index contributed by atoms with van der Waals surface area (Å²) in [5.41, 5.74) is 4.44. The number of benzene rings is 1. The molecule has 2 heterocycles. The zero-order valence-corrected chi connectivity index (χ0v) is 13.1. The van der Waals surface area contributed by atoms with Gasteiger partial charge in [0.2, 0.25) is 0 Å². The van der Waals surface area contributed by atoms with Crippen LogP contribution in [-0.4, -0.2) is 29.7 Å². The van der Waals surface area contributed by atoms with Gasteiger partial charge in [-0.2, -0.15) is 0 Å². The van der Waals surface area contributed by atoms with E-state index in [1.54, 1.807) is 0 Å². The zero-order chi connectivity index (χ0) is 15.7. The van der Waals surface area contributed by atoms with Crippen molar-refractivity contribution in [2.24, 2.45) is 0 Å². The minimum absolute atomic E-state index is 0.104. The SMILES string of the molecule is COC(=O)c1cc(-c2ncc(C3CCCO3)[nH]2)c(C)cc1C. The minimum Gasteiger partial charge on any atom is -0.465 e. The molecule has 1 aromatic carbocycles. The highest BCUT2D eigenvalue weighted by atomic mass is 16.5. The molecule has 1 unspecified atom stereocenters. The first kappa shape index (κ1) is 14.8. The van der Waals surface area contributed by atoms with E-state index in [0.717, 1.165) is 47.7 Å². The fraction of sp³-hybridized carbons (Fsp3) is 0.412. The third kappa shape index (κ3) is 2.64. The van der Waals surface area contributed by atoms with E-state index in [1.165, 1.54) is 7.11 Å². The topological polar surface area (TPSA) is 64.2 Å². The summed E-state index contributed by atoms with van der Waals surface area (Å²) in [5, 5.41) is 0. The number of aryl methyl sites for hydroxylation is 2. The quantitative estimate of drug-likeness (QED) is 0.883. The molecule has 1 aromatic heterocycles. The number of hydrogen-bond acceptors (Lipinski definition) is 4. The Morgan fingerprint density at radius 1 is 1.36 bits per heavy atom. The van der Waals surface area contributed by atoms with E-state index in [9.17, 15) is 4.79 Å². The van der Waals surface area contributed by atoms with Crippen molar-refractivity contribution in [3.8, 4) is 11.4 Å². The summed E-state index contributed by atoms with van der Waals surface area (Å²) in [7, 11) is 1.39. The summed E-state index contributed by atoms with van der Waals surface area (Å²) in [6.45, 7) is 4.72. The van der Waals surface area contributed by atoms with Crippen LogP contribution < -0.4 is 0 Å². The van der Waals surface area contributed by atoms with Crippen LogP contribution in [0.15, 0.2) is 18.3 Å². The first-order valence-corrected chi connectivity index (χ1v) is 7.46. The van der Waals surface area contributed by atoms with Gasteiger partial charge in [0.05, 0.1) is 30.7 Å². The number of H-pyrrole nitrogens is 1. The molecule has 0 saturated carbocycles. The molecular formula is C17H20N2O3. The lowest BCUT2D eigenvalue weighted by atomic mass is 9.99. The second kappa shape index (κ2) is 5.93. The maximum atomic E-state index is 11.9. The van der Waals surface area contributed by atoms with Crippen molar-refractivity contribution in [3.05, 3.63) is 40.7 Å². The number of nitrogens with one attached hydrogen (secondary N) is 1. The lowest BCUT2D eigenvalue weighted by molar-refractivity contribution is 0.0600. The molecule has 1 N–H and O–H groups in total. The van der Waals surface area contributed by atoms with Crippen molar-refractivity contribution in [2.45, 2.75) is 32.8 Å². The molecule has 1 saturated heterocycles. The van der Waals surface area contributed by atoms with Gasteiger partial charge in [-0.1, -0.05) is 6.07 Å². The molecule has 0 radical (unpaired) electrons. The minimum atomic E-state index is -0.329. The molecule has 0 spiro atoms. The van der Waals surface area contributed by atoms with E-state index in [0.29, 0.717) is 5.56 Å². The summed E-state index contributed by atoms with van der Waals surface area (Å²) in [5.74, 6) is 0.429. The predicted octanol–water partition coefficient (Wildman–Crippen LogP) is 3.33. The number of nitrogens with zero attached hydrogens (tertiary/aromatic N) is 1. The third-order valence-electron chi connectivity index (χ3n) is 4.10. The molecule has 3 rings (SSSR count). The Hall–Kier alpha value is -2.14. The molecule has 0 aliphatic carbocycles. The first-order valence-electron chi connectivity index (χ1n) is 7.46. The molecule has 116 valence electrons. The van der Waals surface area contributed by atoms with Gasteiger partial charge < -0.3 is 14.5 Å². The Kier molecular flexibility index (Phi) is 3.98. The summed E-state index contributed by atoms with van der Waals surface area (Å²) in [4.78, 5) is 19.7. The Morgan fingerprint density at radius 2 is 2.18 bits per heavy atom. The summed E-state index contributed by atoms with van der Waals surface area (Å²) < 4.78 is 10.5. The molecule has 22 heavy (non-hydrogen) atoms. The van der Waals surface area contributed by atoms with Crippen LogP contribution >= 0.6 is 0 Å². The average Bonchev–Trinajstić information content (AvgIpc) is 3.17. The summed E-state index contributed by atoms with van der Waals surface area (Å²) in [6.07, 6.45) is 4.02. The molecule has 1 fully saturated rings. The van der Waals surface area contributed by atoms with Gasteiger partial charge in [-0.25, -0.2) is 9.78 Å². The van der Waals surface area contributed by atoms with Crippen LogP contribution in [0.3, 0.4) is 0 Å². The van der Waals surface area contributed by atoms with Gasteiger partial charge in [0.25, 0.3) is 0 Å². The fourth-order valence-corrected chi connectivity index (χ4v) is 2.90. The van der Waals surface area contributed by atoms with E-state index >= 15 is 0 Å². The Bertz CT molecular complexity index is 700.